The molecule has 0 amide bonds. The molecule has 0 atom stereocenters. The highest BCUT2D eigenvalue weighted by Crippen LogP contribution is 2.35. The minimum absolute atomic E-state index is 0.625. The fourth-order valence-electron chi connectivity index (χ4n) is 2.08. The van der Waals surface area contributed by atoms with E-state index < -0.39 is 0 Å². The van der Waals surface area contributed by atoms with E-state index in [1.807, 2.05) is 13.0 Å². The van der Waals surface area contributed by atoms with Gasteiger partial charge in [0, 0.05) is 6.42 Å². The molecule has 0 saturated carbocycles. The van der Waals surface area contributed by atoms with Gasteiger partial charge in [0.15, 0.2) is 0 Å². The van der Waals surface area contributed by atoms with Crippen LogP contribution in [-0.2, 0) is 6.42 Å². The lowest BCUT2D eigenvalue weighted by Gasteiger charge is -1.98. The summed E-state index contributed by atoms with van der Waals surface area (Å²) in [5, 5.41) is 7.62. The molecule has 0 aliphatic heterocycles. The molecule has 0 saturated heterocycles. The lowest BCUT2D eigenvalue weighted by Crippen LogP contribution is -1.77. The van der Waals surface area contributed by atoms with Gasteiger partial charge in [-0.2, -0.15) is 5.26 Å². The van der Waals surface area contributed by atoms with E-state index in [2.05, 4.69) is 48.5 Å². The Balaban J connectivity index is 0.000000239. The van der Waals surface area contributed by atoms with E-state index in [1.165, 1.54) is 22.3 Å². The first-order valence-corrected chi connectivity index (χ1v) is 5.90. The molecule has 84 valence electrons. The molecule has 2 aromatic carbocycles. The van der Waals surface area contributed by atoms with Crippen LogP contribution in [0.3, 0.4) is 0 Å². The Hall–Kier alpha value is -2.07. The van der Waals surface area contributed by atoms with Crippen LogP contribution in [0.5, 0.6) is 0 Å². The third-order valence-electron chi connectivity index (χ3n) is 2.86. The van der Waals surface area contributed by atoms with Crippen molar-refractivity contribution < 1.29 is 0 Å². The molecule has 1 nitrogen and oxygen atoms in total. The largest absolute Gasteiger partial charge is 0.198 e. The first-order chi connectivity index (χ1) is 8.36. The van der Waals surface area contributed by atoms with Crippen molar-refractivity contribution in [3.05, 3.63) is 59.7 Å². The van der Waals surface area contributed by atoms with Gasteiger partial charge in [-0.1, -0.05) is 55.5 Å². The van der Waals surface area contributed by atoms with Crippen molar-refractivity contribution >= 4 is 0 Å². The monoisotopic (exact) mass is 221 g/mol. The number of nitrogens with zero attached hydrogens (tertiary/aromatic N) is 1. The average molecular weight is 221 g/mol. The van der Waals surface area contributed by atoms with Gasteiger partial charge in [-0.25, -0.2) is 0 Å². The first kappa shape index (κ1) is 11.4. The molecule has 0 spiro atoms. The molecular formula is C16H15N. The van der Waals surface area contributed by atoms with E-state index in [9.17, 15) is 0 Å². The second-order valence-corrected chi connectivity index (χ2v) is 4.00. The second kappa shape index (κ2) is 5.32. The van der Waals surface area contributed by atoms with Crippen LogP contribution in [-0.4, -0.2) is 0 Å². The predicted molar refractivity (Wildman–Crippen MR) is 70.6 cm³/mol. The molecule has 3 rings (SSSR count). The minimum Gasteiger partial charge on any atom is -0.198 e. The number of hydrogen-bond donors (Lipinski definition) is 0. The highest BCUT2D eigenvalue weighted by Gasteiger charge is 2.15. The van der Waals surface area contributed by atoms with Crippen LogP contribution in [0.1, 0.15) is 24.5 Å². The van der Waals surface area contributed by atoms with Gasteiger partial charge in [0.25, 0.3) is 0 Å². The molecular weight excluding hydrogens is 206 g/mol. The number of fused-ring (bicyclic) bond motifs is 3. The average Bonchev–Trinajstić information content (AvgIpc) is 2.77. The van der Waals surface area contributed by atoms with Crippen LogP contribution < -0.4 is 0 Å². The lowest BCUT2D eigenvalue weighted by molar-refractivity contribution is 1.22. The molecule has 0 bridgehead atoms. The van der Waals surface area contributed by atoms with Crippen LogP contribution in [0.2, 0.25) is 0 Å². The first-order valence-electron chi connectivity index (χ1n) is 5.90. The fourth-order valence-corrected chi connectivity index (χ4v) is 2.08. The molecule has 0 heterocycles. The number of nitriles is 1. The zero-order chi connectivity index (χ0) is 12.1. The van der Waals surface area contributed by atoms with E-state index in [0.717, 1.165) is 6.42 Å². The zero-order valence-electron chi connectivity index (χ0n) is 9.98. The van der Waals surface area contributed by atoms with E-state index >= 15 is 0 Å². The molecule has 1 aliphatic carbocycles. The van der Waals surface area contributed by atoms with Crippen LogP contribution in [0.15, 0.2) is 48.5 Å². The quantitative estimate of drug-likeness (QED) is 0.558. The van der Waals surface area contributed by atoms with Crippen molar-refractivity contribution in [2.24, 2.45) is 0 Å². The maximum absolute atomic E-state index is 7.62. The predicted octanol–water partition coefficient (Wildman–Crippen LogP) is 4.18. The maximum atomic E-state index is 7.62. The van der Waals surface area contributed by atoms with Crippen molar-refractivity contribution in [1.29, 1.82) is 5.26 Å². The van der Waals surface area contributed by atoms with Crippen LogP contribution in [0.25, 0.3) is 11.1 Å². The van der Waals surface area contributed by atoms with Crippen molar-refractivity contribution in [1.82, 2.24) is 0 Å². The lowest BCUT2D eigenvalue weighted by atomic mass is 10.1. The molecule has 0 fully saturated rings. The van der Waals surface area contributed by atoms with Crippen molar-refractivity contribution in [3.63, 3.8) is 0 Å². The standard InChI is InChI=1S/C13H10.C3H5N/c1-3-7-12-10(5-1)9-11-6-2-4-8-13(11)12;1-2-3-4/h1-8H,9H2;2H2,1H3. The summed E-state index contributed by atoms with van der Waals surface area (Å²) in [5.74, 6) is 0. The molecule has 0 unspecified atom stereocenters. The summed E-state index contributed by atoms with van der Waals surface area (Å²) in [6.07, 6.45) is 1.73. The Labute approximate surface area is 102 Å². The Morgan fingerprint density at radius 1 is 0.941 bits per heavy atom. The van der Waals surface area contributed by atoms with Gasteiger partial charge < -0.3 is 0 Å². The normalized spacial score (nSPS) is 10.6. The van der Waals surface area contributed by atoms with E-state index in [4.69, 9.17) is 5.26 Å². The number of hydrogen-bond acceptors (Lipinski definition) is 1. The number of rotatable bonds is 0. The van der Waals surface area contributed by atoms with Crippen molar-refractivity contribution in [2.45, 2.75) is 19.8 Å². The fraction of sp³-hybridized carbons (Fsp3) is 0.188. The molecule has 0 aromatic heterocycles. The van der Waals surface area contributed by atoms with Gasteiger partial charge in [0.1, 0.15) is 0 Å². The van der Waals surface area contributed by atoms with Crippen molar-refractivity contribution in [2.75, 3.05) is 0 Å². The van der Waals surface area contributed by atoms with E-state index in [1.54, 1.807) is 0 Å². The van der Waals surface area contributed by atoms with E-state index in [0.29, 0.717) is 6.42 Å². The van der Waals surface area contributed by atoms with Gasteiger partial charge in [-0.05, 0) is 28.7 Å². The molecule has 1 heteroatoms. The van der Waals surface area contributed by atoms with E-state index in [-0.39, 0.29) is 0 Å². The maximum Gasteiger partial charge on any atom is 0.0618 e. The summed E-state index contributed by atoms with van der Waals surface area (Å²) in [6, 6.07) is 19.2. The van der Waals surface area contributed by atoms with Crippen LogP contribution >= 0.6 is 0 Å². The van der Waals surface area contributed by atoms with Crippen LogP contribution in [0.4, 0.5) is 0 Å². The summed E-state index contributed by atoms with van der Waals surface area (Å²) in [6.45, 7) is 1.82. The molecule has 1 aliphatic rings. The highest BCUT2D eigenvalue weighted by atomic mass is 14.2. The Morgan fingerprint density at radius 2 is 1.35 bits per heavy atom. The topological polar surface area (TPSA) is 23.8 Å². The number of benzene rings is 2. The summed E-state index contributed by atoms with van der Waals surface area (Å²) in [5.41, 5.74) is 5.75. The molecule has 0 radical (unpaired) electrons. The van der Waals surface area contributed by atoms with Gasteiger partial charge in [-0.3, -0.25) is 0 Å². The smallest absolute Gasteiger partial charge is 0.0618 e. The third kappa shape index (κ3) is 2.37. The van der Waals surface area contributed by atoms with Gasteiger partial charge in [0.2, 0.25) is 0 Å². The van der Waals surface area contributed by atoms with Crippen molar-refractivity contribution in [3.8, 4) is 17.2 Å². The summed E-state index contributed by atoms with van der Waals surface area (Å²) >= 11 is 0. The third-order valence-corrected chi connectivity index (χ3v) is 2.86. The molecule has 17 heavy (non-hydrogen) atoms. The molecule has 0 N–H and O–H groups in total. The SMILES string of the molecule is CCC#N.c1ccc2c(c1)Cc1ccccc1-2. The highest BCUT2D eigenvalue weighted by molar-refractivity contribution is 5.76. The molecule has 2 aromatic rings. The second-order valence-electron chi connectivity index (χ2n) is 4.00. The Bertz CT molecular complexity index is 506. The Kier molecular flexibility index (Phi) is 3.57. The van der Waals surface area contributed by atoms with Crippen LogP contribution in [0, 0.1) is 11.3 Å². The summed E-state index contributed by atoms with van der Waals surface area (Å²) in [4.78, 5) is 0. The van der Waals surface area contributed by atoms with Gasteiger partial charge in [-0.15, -0.1) is 0 Å². The minimum atomic E-state index is 0.625. The van der Waals surface area contributed by atoms with Gasteiger partial charge >= 0.3 is 0 Å². The zero-order valence-corrected chi connectivity index (χ0v) is 9.98. The summed E-state index contributed by atoms with van der Waals surface area (Å²) < 4.78 is 0. The van der Waals surface area contributed by atoms with Gasteiger partial charge in [0.05, 0.1) is 6.07 Å². The summed E-state index contributed by atoms with van der Waals surface area (Å²) in [7, 11) is 0. The Morgan fingerprint density at radius 3 is 1.76 bits per heavy atom.